The summed E-state index contributed by atoms with van der Waals surface area (Å²) in [7, 11) is 0. The topological polar surface area (TPSA) is 39.6 Å². The number of hydrogen-bond acceptors (Lipinski definition) is 4. The molecule has 0 bridgehead atoms. The minimum atomic E-state index is 0.361. The van der Waals surface area contributed by atoms with Crippen molar-refractivity contribution in [3.8, 4) is 5.75 Å². The highest BCUT2D eigenvalue weighted by molar-refractivity contribution is 5.59. The van der Waals surface area contributed by atoms with E-state index in [0.717, 1.165) is 31.9 Å². The van der Waals surface area contributed by atoms with Crippen molar-refractivity contribution in [2.45, 2.75) is 0 Å². The largest absolute Gasteiger partial charge is 0.506 e. The van der Waals surface area contributed by atoms with E-state index in [1.165, 1.54) is 5.69 Å². The first-order chi connectivity index (χ1) is 9.34. The van der Waals surface area contributed by atoms with Crippen LogP contribution >= 0.6 is 0 Å². The number of hydrogen-bond donors (Lipinski definition) is 1. The van der Waals surface area contributed by atoms with Gasteiger partial charge in [-0.05, 0) is 24.3 Å². The number of para-hydroxylation sites is 2. The second-order valence-electron chi connectivity index (χ2n) is 4.67. The third kappa shape index (κ3) is 2.47. The van der Waals surface area contributed by atoms with Gasteiger partial charge in [-0.3, -0.25) is 4.98 Å². The zero-order chi connectivity index (χ0) is 13.1. The first-order valence-corrected chi connectivity index (χ1v) is 6.52. The van der Waals surface area contributed by atoms with Crippen molar-refractivity contribution < 1.29 is 5.11 Å². The van der Waals surface area contributed by atoms with Crippen molar-refractivity contribution in [2.24, 2.45) is 0 Å². The highest BCUT2D eigenvalue weighted by Gasteiger charge is 2.18. The second-order valence-corrected chi connectivity index (χ2v) is 4.67. The maximum absolute atomic E-state index is 9.88. The molecule has 1 N–H and O–H groups in total. The number of aromatic nitrogens is 1. The Labute approximate surface area is 112 Å². The summed E-state index contributed by atoms with van der Waals surface area (Å²) in [4.78, 5) is 8.62. The molecule has 0 atom stereocenters. The molecule has 0 amide bonds. The molecule has 1 fully saturated rings. The molecule has 1 saturated heterocycles. The van der Waals surface area contributed by atoms with E-state index in [9.17, 15) is 5.11 Å². The summed E-state index contributed by atoms with van der Waals surface area (Å²) in [6.45, 7) is 3.75. The van der Waals surface area contributed by atoms with E-state index in [1.807, 2.05) is 42.7 Å². The number of nitrogens with zero attached hydrogens (tertiary/aromatic N) is 3. The van der Waals surface area contributed by atoms with Crippen molar-refractivity contribution in [3.63, 3.8) is 0 Å². The first-order valence-electron chi connectivity index (χ1n) is 6.52. The first kappa shape index (κ1) is 11.8. The highest BCUT2D eigenvalue weighted by Crippen LogP contribution is 2.27. The molecule has 1 aromatic carbocycles. The lowest BCUT2D eigenvalue weighted by Crippen LogP contribution is -2.46. The Morgan fingerprint density at radius 3 is 2.16 bits per heavy atom. The monoisotopic (exact) mass is 255 g/mol. The Kier molecular flexibility index (Phi) is 3.23. The van der Waals surface area contributed by atoms with Crippen LogP contribution in [0.2, 0.25) is 0 Å². The number of phenolic OH excluding ortho intramolecular Hbond substituents is 1. The molecule has 0 aliphatic carbocycles. The van der Waals surface area contributed by atoms with Crippen LogP contribution in [-0.4, -0.2) is 36.3 Å². The summed E-state index contributed by atoms with van der Waals surface area (Å²) in [5.41, 5.74) is 2.14. The lowest BCUT2D eigenvalue weighted by atomic mass is 10.2. The average Bonchev–Trinajstić information content (AvgIpc) is 2.49. The maximum Gasteiger partial charge on any atom is 0.138 e. The van der Waals surface area contributed by atoms with Gasteiger partial charge in [-0.25, -0.2) is 0 Å². The van der Waals surface area contributed by atoms with Crippen molar-refractivity contribution >= 4 is 11.4 Å². The zero-order valence-corrected chi connectivity index (χ0v) is 10.7. The predicted octanol–water partition coefficient (Wildman–Crippen LogP) is 2.11. The van der Waals surface area contributed by atoms with Gasteiger partial charge < -0.3 is 14.9 Å². The van der Waals surface area contributed by atoms with Gasteiger partial charge in [0.05, 0.1) is 5.69 Å². The Hall–Kier alpha value is -2.23. The van der Waals surface area contributed by atoms with E-state index in [0.29, 0.717) is 5.75 Å². The van der Waals surface area contributed by atoms with E-state index in [4.69, 9.17) is 0 Å². The average molecular weight is 255 g/mol. The minimum absolute atomic E-state index is 0.361. The molecule has 0 saturated carbocycles. The van der Waals surface area contributed by atoms with Crippen LogP contribution in [-0.2, 0) is 0 Å². The van der Waals surface area contributed by atoms with Crippen molar-refractivity contribution in [2.75, 3.05) is 36.0 Å². The predicted molar refractivity (Wildman–Crippen MR) is 76.8 cm³/mol. The SMILES string of the molecule is Oc1ccccc1N1CCN(c2ccncc2)CC1. The van der Waals surface area contributed by atoms with Crippen LogP contribution in [0, 0.1) is 0 Å². The van der Waals surface area contributed by atoms with Crippen LogP contribution in [0.4, 0.5) is 11.4 Å². The number of aromatic hydroxyl groups is 1. The van der Waals surface area contributed by atoms with Crippen LogP contribution in [0.1, 0.15) is 0 Å². The molecule has 4 heteroatoms. The van der Waals surface area contributed by atoms with E-state index >= 15 is 0 Å². The Balaban J connectivity index is 1.69. The molecule has 2 aromatic rings. The Morgan fingerprint density at radius 2 is 1.47 bits per heavy atom. The molecule has 1 aliphatic rings. The van der Waals surface area contributed by atoms with Crippen LogP contribution < -0.4 is 9.80 Å². The number of benzene rings is 1. The lowest BCUT2D eigenvalue weighted by molar-refractivity contribution is 0.472. The number of anilines is 2. The highest BCUT2D eigenvalue weighted by atomic mass is 16.3. The molecular weight excluding hydrogens is 238 g/mol. The minimum Gasteiger partial charge on any atom is -0.506 e. The molecule has 2 heterocycles. The molecule has 4 nitrogen and oxygen atoms in total. The van der Waals surface area contributed by atoms with Crippen molar-refractivity contribution in [1.29, 1.82) is 0 Å². The Bertz CT molecular complexity index is 536. The molecule has 0 radical (unpaired) electrons. The zero-order valence-electron chi connectivity index (χ0n) is 10.7. The second kappa shape index (κ2) is 5.18. The van der Waals surface area contributed by atoms with Gasteiger partial charge in [-0.1, -0.05) is 12.1 Å². The van der Waals surface area contributed by atoms with Gasteiger partial charge >= 0.3 is 0 Å². The fraction of sp³-hybridized carbons (Fsp3) is 0.267. The quantitative estimate of drug-likeness (QED) is 0.892. The van der Waals surface area contributed by atoms with Gasteiger partial charge in [-0.15, -0.1) is 0 Å². The van der Waals surface area contributed by atoms with Gasteiger partial charge in [0.25, 0.3) is 0 Å². The van der Waals surface area contributed by atoms with Crippen molar-refractivity contribution in [1.82, 2.24) is 4.98 Å². The van der Waals surface area contributed by atoms with Crippen LogP contribution in [0.3, 0.4) is 0 Å². The summed E-state index contributed by atoms with van der Waals surface area (Å²) < 4.78 is 0. The molecule has 3 rings (SSSR count). The van der Waals surface area contributed by atoms with E-state index in [2.05, 4.69) is 14.8 Å². The van der Waals surface area contributed by atoms with Gasteiger partial charge in [-0.2, -0.15) is 0 Å². The summed E-state index contributed by atoms with van der Waals surface area (Å²) in [6.07, 6.45) is 3.65. The van der Waals surface area contributed by atoms with Gasteiger partial charge in [0.15, 0.2) is 0 Å². The Morgan fingerprint density at radius 1 is 0.842 bits per heavy atom. The van der Waals surface area contributed by atoms with Gasteiger partial charge in [0, 0.05) is 44.3 Å². The van der Waals surface area contributed by atoms with E-state index in [-0.39, 0.29) is 0 Å². The van der Waals surface area contributed by atoms with Crippen LogP contribution in [0.15, 0.2) is 48.8 Å². The van der Waals surface area contributed by atoms with Crippen LogP contribution in [0.25, 0.3) is 0 Å². The summed E-state index contributed by atoms with van der Waals surface area (Å²) in [5, 5.41) is 9.88. The standard InChI is InChI=1S/C15H17N3O/c19-15-4-2-1-3-14(15)18-11-9-17(10-12-18)13-5-7-16-8-6-13/h1-8,19H,9-12H2. The van der Waals surface area contributed by atoms with E-state index < -0.39 is 0 Å². The molecule has 98 valence electrons. The maximum atomic E-state index is 9.88. The normalized spacial score (nSPS) is 15.6. The van der Waals surface area contributed by atoms with Crippen LogP contribution in [0.5, 0.6) is 5.75 Å². The molecule has 19 heavy (non-hydrogen) atoms. The smallest absolute Gasteiger partial charge is 0.138 e. The number of phenols is 1. The summed E-state index contributed by atoms with van der Waals surface area (Å²) in [6, 6.07) is 11.6. The number of rotatable bonds is 2. The summed E-state index contributed by atoms with van der Waals surface area (Å²) in [5.74, 6) is 0.361. The third-order valence-electron chi connectivity index (χ3n) is 3.53. The number of piperazine rings is 1. The fourth-order valence-corrected chi connectivity index (χ4v) is 2.49. The molecule has 1 aromatic heterocycles. The van der Waals surface area contributed by atoms with E-state index in [1.54, 1.807) is 6.07 Å². The molecule has 0 spiro atoms. The number of pyridine rings is 1. The fourth-order valence-electron chi connectivity index (χ4n) is 2.49. The molecular formula is C15H17N3O. The lowest BCUT2D eigenvalue weighted by Gasteiger charge is -2.37. The van der Waals surface area contributed by atoms with Gasteiger partial charge in [0.2, 0.25) is 0 Å². The third-order valence-corrected chi connectivity index (χ3v) is 3.53. The van der Waals surface area contributed by atoms with Gasteiger partial charge in [0.1, 0.15) is 5.75 Å². The summed E-state index contributed by atoms with van der Waals surface area (Å²) >= 11 is 0. The van der Waals surface area contributed by atoms with Crippen molar-refractivity contribution in [3.05, 3.63) is 48.8 Å². The molecule has 1 aliphatic heterocycles. The molecule has 0 unspecified atom stereocenters.